The van der Waals surface area contributed by atoms with Gasteiger partial charge in [0.1, 0.15) is 10.6 Å². The molecule has 3 heterocycles. The number of hydrogen-bond donors (Lipinski definition) is 0. The van der Waals surface area contributed by atoms with E-state index in [0.29, 0.717) is 25.0 Å². The zero-order valence-corrected chi connectivity index (χ0v) is 17.3. The molecule has 2 saturated heterocycles. The van der Waals surface area contributed by atoms with Gasteiger partial charge in [0.2, 0.25) is 15.9 Å². The largest absolute Gasteiger partial charge is 0.360 e. The van der Waals surface area contributed by atoms with Gasteiger partial charge in [-0.25, -0.2) is 16.8 Å². The van der Waals surface area contributed by atoms with E-state index < -0.39 is 19.9 Å². The summed E-state index contributed by atoms with van der Waals surface area (Å²) in [7, 11) is -5.13. The van der Waals surface area contributed by atoms with Crippen LogP contribution in [0.15, 0.2) is 9.42 Å². The van der Waals surface area contributed by atoms with Crippen LogP contribution in [-0.2, 0) is 24.7 Å². The first-order valence-electron chi connectivity index (χ1n) is 8.93. The molecule has 1 aromatic rings. The van der Waals surface area contributed by atoms with E-state index in [9.17, 15) is 21.6 Å². The summed E-state index contributed by atoms with van der Waals surface area (Å²) < 4.78 is 55.3. The average molecular weight is 420 g/mol. The maximum Gasteiger partial charge on any atom is 0.248 e. The van der Waals surface area contributed by atoms with E-state index in [0.717, 1.165) is 0 Å². The molecule has 9 nitrogen and oxygen atoms in total. The number of aryl methyl sites for hydroxylation is 2. The minimum atomic E-state index is -3.71. The Kier molecular flexibility index (Phi) is 5.39. The summed E-state index contributed by atoms with van der Waals surface area (Å²) in [5.41, 5.74) is 0.327. The Morgan fingerprint density at radius 3 is 2.33 bits per heavy atom. The van der Waals surface area contributed by atoms with Gasteiger partial charge in [-0.15, -0.1) is 0 Å². The van der Waals surface area contributed by atoms with Crippen molar-refractivity contribution in [3.8, 4) is 0 Å². The van der Waals surface area contributed by atoms with Crippen LogP contribution >= 0.6 is 0 Å². The molecule has 0 aromatic carbocycles. The summed E-state index contributed by atoms with van der Waals surface area (Å²) in [5, 5.41) is 3.71. The lowest BCUT2D eigenvalue weighted by molar-refractivity contribution is -0.137. The van der Waals surface area contributed by atoms with Gasteiger partial charge in [0.25, 0.3) is 0 Å². The lowest BCUT2D eigenvalue weighted by atomic mass is 9.96. The second kappa shape index (κ2) is 7.17. The molecule has 1 amide bonds. The third-order valence-corrected chi connectivity index (χ3v) is 9.37. The molecule has 3 rings (SSSR count). The number of rotatable bonds is 4. The summed E-state index contributed by atoms with van der Waals surface area (Å²) in [6.45, 7) is 3.62. The smallest absolute Gasteiger partial charge is 0.248 e. The Balaban J connectivity index is 1.64. The molecule has 0 radical (unpaired) electrons. The molecule has 11 heteroatoms. The highest BCUT2D eigenvalue weighted by atomic mass is 32.2. The predicted molar refractivity (Wildman–Crippen MR) is 97.3 cm³/mol. The van der Waals surface area contributed by atoms with Gasteiger partial charge < -0.3 is 9.42 Å². The van der Waals surface area contributed by atoms with Gasteiger partial charge in [-0.2, -0.15) is 4.31 Å². The molecule has 27 heavy (non-hydrogen) atoms. The maximum absolute atomic E-state index is 12.8. The molecule has 0 N–H and O–H groups in total. The lowest BCUT2D eigenvalue weighted by Crippen LogP contribution is -2.46. The van der Waals surface area contributed by atoms with Crippen LogP contribution in [0.3, 0.4) is 0 Å². The summed E-state index contributed by atoms with van der Waals surface area (Å²) in [6, 6.07) is -0.286. The fraction of sp³-hybridized carbons (Fsp3) is 0.750. The molecule has 2 fully saturated rings. The van der Waals surface area contributed by atoms with Crippen molar-refractivity contribution in [2.75, 3.05) is 31.6 Å². The zero-order valence-electron chi connectivity index (χ0n) is 15.7. The minimum absolute atomic E-state index is 0.00844. The van der Waals surface area contributed by atoms with Gasteiger partial charge >= 0.3 is 0 Å². The van der Waals surface area contributed by atoms with Crippen molar-refractivity contribution >= 4 is 25.8 Å². The van der Waals surface area contributed by atoms with Crippen LogP contribution in [0, 0.1) is 19.8 Å². The molecule has 0 aliphatic carbocycles. The lowest BCUT2D eigenvalue weighted by Gasteiger charge is -2.34. The summed E-state index contributed by atoms with van der Waals surface area (Å²) >= 11 is 0. The van der Waals surface area contributed by atoms with Crippen LogP contribution in [0.5, 0.6) is 0 Å². The average Bonchev–Trinajstić information content (AvgIpc) is 3.15. The second-order valence-corrected chi connectivity index (χ2v) is 11.4. The number of hydrogen-bond acceptors (Lipinski definition) is 7. The fourth-order valence-electron chi connectivity index (χ4n) is 3.86. The summed E-state index contributed by atoms with van der Waals surface area (Å²) in [4.78, 5) is 14.4. The van der Waals surface area contributed by atoms with Crippen LogP contribution in [0.2, 0.25) is 0 Å². The topological polar surface area (TPSA) is 118 Å². The number of nitrogens with zero attached hydrogens (tertiary/aromatic N) is 3. The first kappa shape index (κ1) is 20.3. The van der Waals surface area contributed by atoms with Crippen LogP contribution in [0.25, 0.3) is 0 Å². The molecule has 0 spiro atoms. The third kappa shape index (κ3) is 3.90. The van der Waals surface area contributed by atoms with E-state index in [4.69, 9.17) is 4.52 Å². The normalized spacial score (nSPS) is 24.2. The third-order valence-electron chi connectivity index (χ3n) is 5.47. The van der Waals surface area contributed by atoms with Crippen molar-refractivity contribution in [3.63, 3.8) is 0 Å². The number of carbonyl (C=O) groups excluding carboxylic acids is 1. The van der Waals surface area contributed by atoms with Crippen LogP contribution < -0.4 is 0 Å². The van der Waals surface area contributed by atoms with Gasteiger partial charge in [0.05, 0.1) is 11.5 Å². The highest BCUT2D eigenvalue weighted by molar-refractivity contribution is 7.91. The molecule has 2 aliphatic heterocycles. The van der Waals surface area contributed by atoms with E-state index >= 15 is 0 Å². The Morgan fingerprint density at radius 2 is 1.85 bits per heavy atom. The molecular formula is C16H25N3O6S2. The van der Waals surface area contributed by atoms with Gasteiger partial charge in [0.15, 0.2) is 15.6 Å². The molecular weight excluding hydrogens is 394 g/mol. The van der Waals surface area contributed by atoms with Crippen LogP contribution in [0.1, 0.15) is 30.7 Å². The Bertz CT molecular complexity index is 910. The molecule has 152 valence electrons. The van der Waals surface area contributed by atoms with E-state index in [-0.39, 0.29) is 53.1 Å². The van der Waals surface area contributed by atoms with Gasteiger partial charge in [-0.05, 0) is 33.1 Å². The van der Waals surface area contributed by atoms with Crippen molar-refractivity contribution in [2.24, 2.45) is 5.92 Å². The Morgan fingerprint density at radius 1 is 1.22 bits per heavy atom. The van der Waals surface area contributed by atoms with Crippen molar-refractivity contribution in [1.82, 2.24) is 14.4 Å². The maximum atomic E-state index is 12.8. The predicted octanol–water partition coefficient (Wildman–Crippen LogP) is 0.338. The number of carbonyl (C=O) groups is 1. The van der Waals surface area contributed by atoms with Crippen molar-refractivity contribution in [3.05, 3.63) is 11.5 Å². The first-order valence-corrected chi connectivity index (χ1v) is 12.2. The molecule has 1 atom stereocenters. The SMILES string of the molecule is Cc1noc(C)c1S(=O)(=O)N1CCC(C(=O)N(C)C2CCS(=O)(=O)C2)CC1. The fourth-order valence-corrected chi connectivity index (χ4v) is 7.40. The van der Waals surface area contributed by atoms with E-state index in [2.05, 4.69) is 5.16 Å². The quantitative estimate of drug-likeness (QED) is 0.690. The second-order valence-electron chi connectivity index (χ2n) is 7.34. The van der Waals surface area contributed by atoms with Crippen molar-refractivity contribution in [2.45, 2.75) is 44.0 Å². The van der Waals surface area contributed by atoms with Gasteiger partial charge in [0, 0.05) is 32.1 Å². The van der Waals surface area contributed by atoms with E-state index in [1.54, 1.807) is 20.9 Å². The van der Waals surface area contributed by atoms with Crippen molar-refractivity contribution < 1.29 is 26.2 Å². The number of piperidine rings is 1. The van der Waals surface area contributed by atoms with Crippen LogP contribution in [0.4, 0.5) is 0 Å². The minimum Gasteiger partial charge on any atom is -0.360 e. The summed E-state index contributed by atoms with van der Waals surface area (Å²) in [5.74, 6) is -0.0217. The molecule has 1 aromatic heterocycles. The molecule has 2 aliphatic rings. The first-order chi connectivity index (χ1) is 12.5. The van der Waals surface area contributed by atoms with E-state index in [1.165, 1.54) is 9.21 Å². The summed E-state index contributed by atoms with van der Waals surface area (Å²) in [6.07, 6.45) is 1.28. The number of amides is 1. The monoisotopic (exact) mass is 419 g/mol. The standard InChI is InChI=1S/C16H25N3O6S2/c1-11-15(12(2)25-17-11)27(23,24)19-7-4-13(5-8-19)16(20)18(3)14-6-9-26(21,22)10-14/h13-14H,4-10H2,1-3H3. The highest BCUT2D eigenvalue weighted by Crippen LogP contribution is 2.29. The Hall–Kier alpha value is -1.46. The Labute approximate surface area is 159 Å². The molecule has 1 unspecified atom stereocenters. The molecule has 0 bridgehead atoms. The highest BCUT2D eigenvalue weighted by Gasteiger charge is 2.38. The zero-order chi connectivity index (χ0) is 20.0. The van der Waals surface area contributed by atoms with Crippen LogP contribution in [-0.4, -0.2) is 74.8 Å². The molecule has 0 saturated carbocycles. The van der Waals surface area contributed by atoms with Crippen molar-refractivity contribution in [1.29, 1.82) is 0 Å². The number of sulfone groups is 1. The number of aromatic nitrogens is 1. The van der Waals surface area contributed by atoms with Gasteiger partial charge in [-0.1, -0.05) is 5.16 Å². The number of sulfonamides is 1. The van der Waals surface area contributed by atoms with Gasteiger partial charge in [-0.3, -0.25) is 4.79 Å². The van der Waals surface area contributed by atoms with E-state index in [1.807, 2.05) is 0 Å².